The Balaban J connectivity index is 2.24. The first kappa shape index (κ1) is 14.2. The zero-order valence-corrected chi connectivity index (χ0v) is 10.2. The fourth-order valence-corrected chi connectivity index (χ4v) is 2.08. The molecule has 0 aromatic heterocycles. The summed E-state index contributed by atoms with van der Waals surface area (Å²) in [5.41, 5.74) is 1.22. The van der Waals surface area contributed by atoms with Crippen molar-refractivity contribution in [3.63, 3.8) is 0 Å². The van der Waals surface area contributed by atoms with Gasteiger partial charge in [-0.2, -0.15) is 13.2 Å². The van der Waals surface area contributed by atoms with Gasteiger partial charge in [0.1, 0.15) is 0 Å². The Morgan fingerprint density at radius 3 is 2.60 bits per heavy atom. The molecule has 5 nitrogen and oxygen atoms in total. The number of amides is 2. The van der Waals surface area contributed by atoms with E-state index in [2.05, 4.69) is 0 Å². The first-order chi connectivity index (χ1) is 9.29. The van der Waals surface area contributed by atoms with Crippen LogP contribution in [0.5, 0.6) is 0 Å². The minimum absolute atomic E-state index is 0.0786. The van der Waals surface area contributed by atoms with Crippen LogP contribution in [-0.4, -0.2) is 34.7 Å². The SMILES string of the molecule is O=C(O)N1CCc2c(cccc2NC(=O)C(F)(F)F)C1. The van der Waals surface area contributed by atoms with E-state index in [0.29, 0.717) is 11.1 Å². The molecule has 1 aliphatic heterocycles. The molecule has 1 aromatic carbocycles. The third kappa shape index (κ3) is 2.84. The Kier molecular flexibility index (Phi) is 3.56. The summed E-state index contributed by atoms with van der Waals surface area (Å²) < 4.78 is 36.7. The van der Waals surface area contributed by atoms with Crippen LogP contribution in [0.15, 0.2) is 18.2 Å². The minimum Gasteiger partial charge on any atom is -0.465 e. The van der Waals surface area contributed by atoms with Crippen molar-refractivity contribution >= 4 is 17.7 Å². The number of alkyl halides is 3. The van der Waals surface area contributed by atoms with Gasteiger partial charge in [0.05, 0.1) is 0 Å². The third-order valence-corrected chi connectivity index (χ3v) is 3.04. The number of nitrogens with zero attached hydrogens (tertiary/aromatic N) is 1. The molecule has 2 N–H and O–H groups in total. The summed E-state index contributed by atoms with van der Waals surface area (Å²) in [5.74, 6) is -2.04. The summed E-state index contributed by atoms with van der Waals surface area (Å²) in [6.45, 7) is 0.279. The number of carbonyl (C=O) groups excluding carboxylic acids is 1. The van der Waals surface area contributed by atoms with Crippen LogP contribution in [-0.2, 0) is 17.8 Å². The second-order valence-corrected chi connectivity index (χ2v) is 4.35. The number of carboxylic acid groups (broad SMARTS) is 1. The highest BCUT2D eigenvalue weighted by atomic mass is 19.4. The van der Waals surface area contributed by atoms with Crippen molar-refractivity contribution in [1.82, 2.24) is 4.90 Å². The maximum absolute atomic E-state index is 12.2. The molecule has 0 spiro atoms. The van der Waals surface area contributed by atoms with Crippen LogP contribution >= 0.6 is 0 Å². The van der Waals surface area contributed by atoms with Gasteiger partial charge in [-0.25, -0.2) is 4.79 Å². The number of halogens is 3. The van der Waals surface area contributed by atoms with Gasteiger partial charge in [0.25, 0.3) is 0 Å². The Labute approximate surface area is 112 Å². The lowest BCUT2D eigenvalue weighted by Gasteiger charge is -2.28. The molecule has 108 valence electrons. The molecule has 0 unspecified atom stereocenters. The number of benzene rings is 1. The van der Waals surface area contributed by atoms with Gasteiger partial charge in [-0.05, 0) is 23.6 Å². The van der Waals surface area contributed by atoms with Crippen molar-refractivity contribution in [2.75, 3.05) is 11.9 Å². The van der Waals surface area contributed by atoms with E-state index in [4.69, 9.17) is 5.11 Å². The smallest absolute Gasteiger partial charge is 0.465 e. The van der Waals surface area contributed by atoms with Gasteiger partial charge >= 0.3 is 18.2 Å². The molecule has 1 heterocycles. The second kappa shape index (κ2) is 5.03. The first-order valence-electron chi connectivity index (χ1n) is 5.76. The Bertz CT molecular complexity index is 557. The largest absolute Gasteiger partial charge is 0.471 e. The van der Waals surface area contributed by atoms with Gasteiger partial charge < -0.3 is 15.3 Å². The number of hydrogen-bond donors (Lipinski definition) is 2. The molecule has 0 saturated heterocycles. The second-order valence-electron chi connectivity index (χ2n) is 4.35. The number of carbonyl (C=O) groups is 2. The Morgan fingerprint density at radius 1 is 1.30 bits per heavy atom. The van der Waals surface area contributed by atoms with Gasteiger partial charge in [-0.3, -0.25) is 4.79 Å². The highest BCUT2D eigenvalue weighted by molar-refractivity contribution is 5.95. The Morgan fingerprint density at radius 2 is 2.00 bits per heavy atom. The molecule has 0 bridgehead atoms. The molecule has 8 heteroatoms. The topological polar surface area (TPSA) is 69.6 Å². The molecule has 2 amide bonds. The molecular weight excluding hydrogens is 277 g/mol. The summed E-state index contributed by atoms with van der Waals surface area (Å²) in [4.78, 5) is 23.0. The normalized spacial score (nSPS) is 14.7. The van der Waals surface area contributed by atoms with Crippen LogP contribution in [0.1, 0.15) is 11.1 Å². The molecule has 1 aliphatic rings. The van der Waals surface area contributed by atoms with Gasteiger partial charge in [0.15, 0.2) is 0 Å². The van der Waals surface area contributed by atoms with E-state index >= 15 is 0 Å². The van der Waals surface area contributed by atoms with Crippen LogP contribution < -0.4 is 5.32 Å². The number of nitrogens with one attached hydrogen (secondary N) is 1. The first-order valence-corrected chi connectivity index (χ1v) is 5.76. The zero-order valence-electron chi connectivity index (χ0n) is 10.2. The van der Waals surface area contributed by atoms with Crippen LogP contribution in [0.25, 0.3) is 0 Å². The summed E-state index contributed by atoms with van der Waals surface area (Å²) in [6, 6.07) is 4.49. The zero-order chi connectivity index (χ0) is 14.9. The maximum Gasteiger partial charge on any atom is 0.471 e. The summed E-state index contributed by atoms with van der Waals surface area (Å²) in [5, 5.41) is 10.7. The number of rotatable bonds is 1. The van der Waals surface area contributed by atoms with Gasteiger partial charge in [0, 0.05) is 18.8 Å². The fourth-order valence-electron chi connectivity index (χ4n) is 2.08. The number of fused-ring (bicyclic) bond motifs is 1. The van der Waals surface area contributed by atoms with Crippen molar-refractivity contribution in [3.8, 4) is 0 Å². The molecular formula is C12H11F3N2O3. The fraction of sp³-hybridized carbons (Fsp3) is 0.333. The predicted octanol–water partition coefficient (Wildman–Crippen LogP) is 2.22. The van der Waals surface area contributed by atoms with E-state index in [9.17, 15) is 22.8 Å². The lowest BCUT2D eigenvalue weighted by Crippen LogP contribution is -2.36. The molecule has 0 aliphatic carbocycles. The van der Waals surface area contributed by atoms with Crippen molar-refractivity contribution in [1.29, 1.82) is 0 Å². The minimum atomic E-state index is -4.95. The summed E-state index contributed by atoms with van der Waals surface area (Å²) >= 11 is 0. The van der Waals surface area contributed by atoms with E-state index < -0.39 is 18.2 Å². The number of hydrogen-bond acceptors (Lipinski definition) is 2. The molecule has 1 aromatic rings. The summed E-state index contributed by atoms with van der Waals surface area (Å²) in [6.07, 6.45) is -5.78. The van der Waals surface area contributed by atoms with Crippen molar-refractivity contribution in [3.05, 3.63) is 29.3 Å². The third-order valence-electron chi connectivity index (χ3n) is 3.04. The van der Waals surface area contributed by atoms with Gasteiger partial charge in [-0.1, -0.05) is 12.1 Å². The van der Waals surface area contributed by atoms with Crippen LogP contribution in [0.4, 0.5) is 23.7 Å². The van der Waals surface area contributed by atoms with Crippen molar-refractivity contribution in [2.24, 2.45) is 0 Å². The lowest BCUT2D eigenvalue weighted by molar-refractivity contribution is -0.167. The predicted molar refractivity (Wildman–Crippen MR) is 63.3 cm³/mol. The van der Waals surface area contributed by atoms with E-state index in [1.54, 1.807) is 6.07 Å². The van der Waals surface area contributed by atoms with Crippen molar-refractivity contribution in [2.45, 2.75) is 19.1 Å². The molecule has 0 fully saturated rings. The highest BCUT2D eigenvalue weighted by Crippen LogP contribution is 2.27. The number of anilines is 1. The van der Waals surface area contributed by atoms with Crippen LogP contribution in [0.3, 0.4) is 0 Å². The summed E-state index contributed by atoms with van der Waals surface area (Å²) in [7, 11) is 0. The Hall–Kier alpha value is -2.25. The van der Waals surface area contributed by atoms with Gasteiger partial charge in [0.2, 0.25) is 0 Å². The molecule has 0 radical (unpaired) electrons. The van der Waals surface area contributed by atoms with Crippen molar-refractivity contribution < 1.29 is 27.9 Å². The van der Waals surface area contributed by atoms with E-state index in [1.807, 2.05) is 5.32 Å². The average Bonchev–Trinajstić information content (AvgIpc) is 2.37. The molecule has 0 atom stereocenters. The van der Waals surface area contributed by atoms with Crippen LogP contribution in [0.2, 0.25) is 0 Å². The van der Waals surface area contributed by atoms with Gasteiger partial charge in [-0.15, -0.1) is 0 Å². The highest BCUT2D eigenvalue weighted by Gasteiger charge is 2.39. The maximum atomic E-state index is 12.2. The van der Waals surface area contributed by atoms with Crippen LogP contribution in [0, 0.1) is 0 Å². The molecule has 2 rings (SSSR count). The van der Waals surface area contributed by atoms with E-state index in [1.165, 1.54) is 12.1 Å². The monoisotopic (exact) mass is 288 g/mol. The molecule has 20 heavy (non-hydrogen) atoms. The van der Waals surface area contributed by atoms with E-state index in [-0.39, 0.29) is 25.2 Å². The average molecular weight is 288 g/mol. The standard InChI is InChI=1S/C12H11F3N2O3/c13-12(14,15)10(18)16-9-3-1-2-7-6-17(11(19)20)5-4-8(7)9/h1-3H,4-6H2,(H,16,18)(H,19,20). The molecule has 0 saturated carbocycles. The van der Waals surface area contributed by atoms with E-state index in [0.717, 1.165) is 4.90 Å². The lowest BCUT2D eigenvalue weighted by atomic mass is 9.98. The quantitative estimate of drug-likeness (QED) is 0.832.